The highest BCUT2D eigenvalue weighted by atomic mass is 35.5. The van der Waals surface area contributed by atoms with Crippen LogP contribution in [0.3, 0.4) is 0 Å². The van der Waals surface area contributed by atoms with E-state index in [1.54, 1.807) is 4.90 Å². The summed E-state index contributed by atoms with van der Waals surface area (Å²) >= 11 is 6.22. The third kappa shape index (κ3) is 3.55. The van der Waals surface area contributed by atoms with E-state index < -0.39 is 11.9 Å². The fourth-order valence-electron chi connectivity index (χ4n) is 3.61. The number of amides is 1. The van der Waals surface area contributed by atoms with Gasteiger partial charge in [0.15, 0.2) is 0 Å². The number of likely N-dealkylation sites (tertiary alicyclic amines) is 1. The molecule has 0 aromatic heterocycles. The average molecular weight is 352 g/mol. The number of benzene rings is 1. The van der Waals surface area contributed by atoms with Gasteiger partial charge in [-0.05, 0) is 30.4 Å². The molecule has 1 aromatic carbocycles. The lowest BCUT2D eigenvalue weighted by molar-refractivity contribution is -0.147. The van der Waals surface area contributed by atoms with Gasteiger partial charge in [-0.25, -0.2) is 10.9 Å². The SMILES string of the molecule is CC1CC(C(=O)O)CN(C(=O)C2CC(c3ccccc3Cl)NN2)C1. The third-order valence-electron chi connectivity index (χ3n) is 4.80. The quantitative estimate of drug-likeness (QED) is 0.774. The van der Waals surface area contributed by atoms with Crippen molar-refractivity contribution >= 4 is 23.5 Å². The number of hydrogen-bond donors (Lipinski definition) is 3. The van der Waals surface area contributed by atoms with Crippen molar-refractivity contribution in [1.82, 2.24) is 15.8 Å². The Bertz CT molecular complexity index is 639. The number of carbonyl (C=O) groups is 2. The third-order valence-corrected chi connectivity index (χ3v) is 5.15. The lowest BCUT2D eigenvalue weighted by Crippen LogP contribution is -2.51. The highest BCUT2D eigenvalue weighted by molar-refractivity contribution is 6.31. The summed E-state index contributed by atoms with van der Waals surface area (Å²) in [6, 6.07) is 7.16. The van der Waals surface area contributed by atoms with Crippen molar-refractivity contribution in [3.8, 4) is 0 Å². The van der Waals surface area contributed by atoms with Gasteiger partial charge in [-0.2, -0.15) is 0 Å². The summed E-state index contributed by atoms with van der Waals surface area (Å²) in [4.78, 5) is 25.7. The van der Waals surface area contributed by atoms with Gasteiger partial charge < -0.3 is 10.0 Å². The van der Waals surface area contributed by atoms with Crippen LogP contribution in [-0.2, 0) is 9.59 Å². The Morgan fingerprint density at radius 2 is 1.96 bits per heavy atom. The van der Waals surface area contributed by atoms with Crippen LogP contribution in [0.15, 0.2) is 24.3 Å². The van der Waals surface area contributed by atoms with E-state index in [2.05, 4.69) is 10.9 Å². The summed E-state index contributed by atoms with van der Waals surface area (Å²) in [7, 11) is 0. The van der Waals surface area contributed by atoms with Gasteiger partial charge in [0, 0.05) is 24.2 Å². The fraction of sp³-hybridized carbons (Fsp3) is 0.529. The van der Waals surface area contributed by atoms with Crippen LogP contribution >= 0.6 is 11.6 Å². The van der Waals surface area contributed by atoms with Gasteiger partial charge in [0.05, 0.1) is 5.92 Å². The summed E-state index contributed by atoms with van der Waals surface area (Å²) in [6.07, 6.45) is 1.21. The smallest absolute Gasteiger partial charge is 0.308 e. The first-order chi connectivity index (χ1) is 11.5. The van der Waals surface area contributed by atoms with Crippen LogP contribution in [0, 0.1) is 11.8 Å². The number of carboxylic acid groups (broad SMARTS) is 1. The van der Waals surface area contributed by atoms with Gasteiger partial charge in [-0.15, -0.1) is 0 Å². The number of halogens is 1. The molecule has 2 aliphatic rings. The molecule has 7 heteroatoms. The van der Waals surface area contributed by atoms with E-state index in [0.29, 0.717) is 24.4 Å². The molecular weight excluding hydrogens is 330 g/mol. The Kier molecular flexibility index (Phi) is 5.08. The molecule has 0 aliphatic carbocycles. The zero-order valence-electron chi connectivity index (χ0n) is 13.5. The number of hydrazine groups is 1. The number of nitrogens with zero attached hydrogens (tertiary/aromatic N) is 1. The largest absolute Gasteiger partial charge is 0.481 e. The fourth-order valence-corrected chi connectivity index (χ4v) is 3.88. The van der Waals surface area contributed by atoms with Crippen LogP contribution in [0.2, 0.25) is 5.02 Å². The second kappa shape index (κ2) is 7.09. The molecule has 6 nitrogen and oxygen atoms in total. The van der Waals surface area contributed by atoms with Crippen molar-refractivity contribution in [1.29, 1.82) is 0 Å². The standard InChI is InChI=1S/C17H22ClN3O3/c1-10-6-11(17(23)24)9-21(8-10)16(22)15-7-14(19-20-15)12-4-2-3-5-13(12)18/h2-5,10-11,14-15,19-20H,6-9H2,1H3,(H,23,24). The molecule has 3 N–H and O–H groups in total. The maximum Gasteiger partial charge on any atom is 0.308 e. The Hall–Kier alpha value is -1.63. The number of rotatable bonds is 3. The molecule has 1 aromatic rings. The van der Waals surface area contributed by atoms with Gasteiger partial charge in [-0.3, -0.25) is 9.59 Å². The molecule has 0 radical (unpaired) electrons. The van der Waals surface area contributed by atoms with Crippen molar-refractivity contribution in [3.63, 3.8) is 0 Å². The van der Waals surface area contributed by atoms with Gasteiger partial charge in [0.1, 0.15) is 6.04 Å². The predicted octanol–water partition coefficient (Wildman–Crippen LogP) is 1.82. The van der Waals surface area contributed by atoms with Crippen molar-refractivity contribution in [2.45, 2.75) is 31.8 Å². The molecule has 1 amide bonds. The van der Waals surface area contributed by atoms with Crippen LogP contribution < -0.4 is 10.9 Å². The van der Waals surface area contributed by atoms with Crippen LogP contribution in [0.4, 0.5) is 0 Å². The summed E-state index contributed by atoms with van der Waals surface area (Å²) < 4.78 is 0. The molecular formula is C17H22ClN3O3. The van der Waals surface area contributed by atoms with E-state index in [-0.39, 0.29) is 30.5 Å². The second-order valence-electron chi connectivity index (χ2n) is 6.77. The van der Waals surface area contributed by atoms with E-state index >= 15 is 0 Å². The van der Waals surface area contributed by atoms with Crippen LogP contribution in [0.5, 0.6) is 0 Å². The Morgan fingerprint density at radius 3 is 2.67 bits per heavy atom. The van der Waals surface area contributed by atoms with E-state index in [9.17, 15) is 14.7 Å². The molecule has 24 heavy (non-hydrogen) atoms. The van der Waals surface area contributed by atoms with Crippen molar-refractivity contribution in [2.75, 3.05) is 13.1 Å². The van der Waals surface area contributed by atoms with Crippen LogP contribution in [-0.4, -0.2) is 41.0 Å². The van der Waals surface area contributed by atoms with Gasteiger partial charge in [-0.1, -0.05) is 36.7 Å². The van der Waals surface area contributed by atoms with Gasteiger partial charge in [0.25, 0.3) is 0 Å². The zero-order valence-corrected chi connectivity index (χ0v) is 14.3. The van der Waals surface area contributed by atoms with Crippen LogP contribution in [0.25, 0.3) is 0 Å². The molecule has 2 aliphatic heterocycles. The van der Waals surface area contributed by atoms with Crippen molar-refractivity contribution in [3.05, 3.63) is 34.9 Å². The second-order valence-corrected chi connectivity index (χ2v) is 7.18. The van der Waals surface area contributed by atoms with E-state index in [1.165, 1.54) is 0 Å². The number of hydrogen-bond acceptors (Lipinski definition) is 4. The molecule has 4 atom stereocenters. The number of nitrogens with one attached hydrogen (secondary N) is 2. The lowest BCUT2D eigenvalue weighted by Gasteiger charge is -2.36. The summed E-state index contributed by atoms with van der Waals surface area (Å²) in [5.41, 5.74) is 7.13. The Labute approximate surface area is 146 Å². The number of carbonyl (C=O) groups excluding carboxylic acids is 1. The highest BCUT2D eigenvalue weighted by Gasteiger charge is 2.38. The first kappa shape index (κ1) is 17.2. The topological polar surface area (TPSA) is 81.7 Å². The van der Waals surface area contributed by atoms with Crippen LogP contribution in [0.1, 0.15) is 31.4 Å². The molecule has 130 valence electrons. The summed E-state index contributed by atoms with van der Waals surface area (Å²) in [5.74, 6) is -1.16. The summed E-state index contributed by atoms with van der Waals surface area (Å²) in [5, 5.41) is 9.93. The number of carboxylic acids is 1. The normalized spacial score (nSPS) is 30.3. The first-order valence-corrected chi connectivity index (χ1v) is 8.60. The minimum Gasteiger partial charge on any atom is -0.481 e. The number of piperidine rings is 1. The maximum atomic E-state index is 12.8. The minimum absolute atomic E-state index is 0.0369. The maximum absolute atomic E-state index is 12.8. The Balaban J connectivity index is 1.66. The van der Waals surface area contributed by atoms with Crippen molar-refractivity contribution in [2.24, 2.45) is 11.8 Å². The molecule has 2 fully saturated rings. The summed E-state index contributed by atoms with van der Waals surface area (Å²) in [6.45, 7) is 2.88. The molecule has 0 spiro atoms. The van der Waals surface area contributed by atoms with Crippen molar-refractivity contribution < 1.29 is 14.7 Å². The van der Waals surface area contributed by atoms with Gasteiger partial charge in [0.2, 0.25) is 5.91 Å². The monoisotopic (exact) mass is 351 g/mol. The molecule has 3 rings (SSSR count). The van der Waals surface area contributed by atoms with E-state index in [0.717, 1.165) is 5.56 Å². The molecule has 0 bridgehead atoms. The molecule has 4 unspecified atom stereocenters. The zero-order chi connectivity index (χ0) is 17.3. The van der Waals surface area contributed by atoms with E-state index in [4.69, 9.17) is 11.6 Å². The minimum atomic E-state index is -0.828. The average Bonchev–Trinajstić information content (AvgIpc) is 3.03. The highest BCUT2D eigenvalue weighted by Crippen LogP contribution is 2.30. The van der Waals surface area contributed by atoms with Gasteiger partial charge >= 0.3 is 5.97 Å². The predicted molar refractivity (Wildman–Crippen MR) is 90.4 cm³/mol. The molecule has 2 heterocycles. The number of aliphatic carboxylic acids is 1. The lowest BCUT2D eigenvalue weighted by atomic mass is 9.90. The Morgan fingerprint density at radius 1 is 1.21 bits per heavy atom. The van der Waals surface area contributed by atoms with E-state index in [1.807, 2.05) is 31.2 Å². The molecule has 0 saturated carbocycles. The first-order valence-electron chi connectivity index (χ1n) is 8.22. The molecule has 2 saturated heterocycles.